The fourth-order valence-corrected chi connectivity index (χ4v) is 3.23. The summed E-state index contributed by atoms with van der Waals surface area (Å²) in [6.07, 6.45) is 5.64. The largest absolute Gasteiger partial charge is 0.374 e. The highest BCUT2D eigenvalue weighted by atomic mass is 16.5. The molecule has 0 radical (unpaired) electrons. The first-order valence-electron chi connectivity index (χ1n) is 7.61. The van der Waals surface area contributed by atoms with Gasteiger partial charge in [-0.2, -0.15) is 0 Å². The van der Waals surface area contributed by atoms with Gasteiger partial charge >= 0.3 is 0 Å². The lowest BCUT2D eigenvalue weighted by atomic mass is 9.84. The van der Waals surface area contributed by atoms with Crippen molar-refractivity contribution >= 4 is 0 Å². The summed E-state index contributed by atoms with van der Waals surface area (Å²) in [4.78, 5) is 2.47. The fourth-order valence-electron chi connectivity index (χ4n) is 3.23. The molecule has 3 atom stereocenters. The summed E-state index contributed by atoms with van der Waals surface area (Å²) in [6.45, 7) is 8.20. The number of morpholine rings is 1. The molecule has 0 aromatic heterocycles. The van der Waals surface area contributed by atoms with Crippen LogP contribution in [-0.2, 0) is 4.74 Å². The molecule has 106 valence electrons. The van der Waals surface area contributed by atoms with Gasteiger partial charge in [0.2, 0.25) is 0 Å². The minimum Gasteiger partial charge on any atom is -0.374 e. The molecule has 1 aliphatic heterocycles. The van der Waals surface area contributed by atoms with Crippen LogP contribution in [0.1, 0.15) is 32.6 Å². The van der Waals surface area contributed by atoms with Crippen LogP contribution in [-0.4, -0.2) is 56.4 Å². The Morgan fingerprint density at radius 3 is 2.94 bits per heavy atom. The van der Waals surface area contributed by atoms with Crippen LogP contribution >= 0.6 is 0 Å². The van der Waals surface area contributed by atoms with Gasteiger partial charge in [0.1, 0.15) is 0 Å². The Kier molecular flexibility index (Phi) is 5.89. The molecular formula is C14H29N3O. The van der Waals surface area contributed by atoms with Gasteiger partial charge in [-0.15, -0.1) is 0 Å². The number of nitrogens with zero attached hydrogens (tertiary/aromatic N) is 1. The molecule has 1 saturated heterocycles. The Balaban J connectivity index is 1.72. The van der Waals surface area contributed by atoms with Crippen molar-refractivity contribution in [1.82, 2.24) is 10.2 Å². The lowest BCUT2D eigenvalue weighted by Gasteiger charge is -2.36. The molecule has 18 heavy (non-hydrogen) atoms. The van der Waals surface area contributed by atoms with E-state index in [0.29, 0.717) is 18.1 Å². The third-order valence-electron chi connectivity index (χ3n) is 4.49. The van der Waals surface area contributed by atoms with Crippen molar-refractivity contribution in [3.8, 4) is 0 Å². The third-order valence-corrected chi connectivity index (χ3v) is 4.49. The highest BCUT2D eigenvalue weighted by Gasteiger charge is 2.25. The zero-order valence-electron chi connectivity index (χ0n) is 11.7. The highest BCUT2D eigenvalue weighted by Crippen LogP contribution is 2.23. The average molecular weight is 255 g/mol. The molecule has 2 rings (SSSR count). The minimum atomic E-state index is 0.360. The molecule has 2 fully saturated rings. The van der Waals surface area contributed by atoms with Gasteiger partial charge < -0.3 is 15.8 Å². The van der Waals surface area contributed by atoms with E-state index in [0.717, 1.165) is 39.3 Å². The second-order valence-electron chi connectivity index (χ2n) is 5.68. The average Bonchev–Trinajstić information content (AvgIpc) is 2.45. The molecule has 3 N–H and O–H groups in total. The molecule has 4 nitrogen and oxygen atoms in total. The normalized spacial score (nSPS) is 34.7. The summed E-state index contributed by atoms with van der Waals surface area (Å²) in [5, 5.41) is 3.71. The molecule has 1 aliphatic carbocycles. The number of rotatable bonds is 5. The van der Waals surface area contributed by atoms with Crippen LogP contribution in [0.4, 0.5) is 0 Å². The number of likely N-dealkylation sites (N-methyl/N-ethyl adjacent to an activating group) is 1. The van der Waals surface area contributed by atoms with Crippen LogP contribution in [0.2, 0.25) is 0 Å². The van der Waals surface area contributed by atoms with Gasteiger partial charge in [-0.3, -0.25) is 4.90 Å². The van der Waals surface area contributed by atoms with E-state index in [2.05, 4.69) is 17.1 Å². The lowest BCUT2D eigenvalue weighted by molar-refractivity contribution is -0.0276. The summed E-state index contributed by atoms with van der Waals surface area (Å²) in [6, 6.07) is 0.615. The maximum atomic E-state index is 5.87. The van der Waals surface area contributed by atoms with E-state index >= 15 is 0 Å². The summed E-state index contributed by atoms with van der Waals surface area (Å²) in [7, 11) is 0. The fraction of sp³-hybridized carbons (Fsp3) is 1.00. The summed E-state index contributed by atoms with van der Waals surface area (Å²) in [5.74, 6) is 0.671. The van der Waals surface area contributed by atoms with Gasteiger partial charge in [0.25, 0.3) is 0 Å². The van der Waals surface area contributed by atoms with Gasteiger partial charge in [-0.25, -0.2) is 0 Å². The minimum absolute atomic E-state index is 0.360. The molecule has 0 aromatic rings. The van der Waals surface area contributed by atoms with E-state index in [-0.39, 0.29) is 0 Å². The maximum Gasteiger partial charge on any atom is 0.0826 e. The number of nitrogens with two attached hydrogens (primary N) is 1. The van der Waals surface area contributed by atoms with Crippen molar-refractivity contribution in [3.63, 3.8) is 0 Å². The van der Waals surface area contributed by atoms with Crippen molar-refractivity contribution in [2.75, 3.05) is 39.3 Å². The molecule has 0 bridgehead atoms. The predicted octanol–water partition coefficient (Wildman–Crippen LogP) is 0.814. The monoisotopic (exact) mass is 255 g/mol. The number of ether oxygens (including phenoxy) is 1. The van der Waals surface area contributed by atoms with Crippen molar-refractivity contribution in [1.29, 1.82) is 0 Å². The Hall–Kier alpha value is -0.160. The topological polar surface area (TPSA) is 50.5 Å². The maximum absolute atomic E-state index is 5.87. The molecule has 0 amide bonds. The van der Waals surface area contributed by atoms with E-state index in [1.165, 1.54) is 25.7 Å². The number of nitrogens with one attached hydrogen (secondary N) is 1. The number of hydrogen-bond donors (Lipinski definition) is 2. The first-order chi connectivity index (χ1) is 8.83. The van der Waals surface area contributed by atoms with Gasteiger partial charge in [-0.05, 0) is 31.8 Å². The van der Waals surface area contributed by atoms with Crippen LogP contribution in [0.5, 0.6) is 0 Å². The third kappa shape index (κ3) is 3.92. The smallest absolute Gasteiger partial charge is 0.0826 e. The Bertz CT molecular complexity index is 237. The van der Waals surface area contributed by atoms with Gasteiger partial charge in [-0.1, -0.05) is 19.8 Å². The van der Waals surface area contributed by atoms with Gasteiger partial charge in [0, 0.05) is 25.7 Å². The van der Waals surface area contributed by atoms with Crippen LogP contribution in [0.3, 0.4) is 0 Å². The Labute approximate surface area is 111 Å². The second kappa shape index (κ2) is 7.43. The van der Waals surface area contributed by atoms with Crippen LogP contribution in [0.25, 0.3) is 0 Å². The first kappa shape index (κ1) is 14.3. The van der Waals surface area contributed by atoms with E-state index < -0.39 is 0 Å². The molecular weight excluding hydrogens is 226 g/mol. The van der Waals surface area contributed by atoms with Crippen molar-refractivity contribution in [2.24, 2.45) is 11.7 Å². The summed E-state index contributed by atoms with van der Waals surface area (Å²) in [5.41, 5.74) is 5.87. The number of hydrogen-bond acceptors (Lipinski definition) is 4. The molecule has 1 heterocycles. The van der Waals surface area contributed by atoms with Gasteiger partial charge in [0.05, 0.1) is 12.7 Å². The van der Waals surface area contributed by atoms with E-state index in [9.17, 15) is 0 Å². The van der Waals surface area contributed by atoms with Crippen LogP contribution < -0.4 is 11.1 Å². The SMILES string of the molecule is CCN1CCOC(CNC2CCCCC2CN)C1. The quantitative estimate of drug-likeness (QED) is 0.763. The molecule has 1 saturated carbocycles. The molecule has 2 aliphatic rings. The van der Waals surface area contributed by atoms with E-state index in [1.54, 1.807) is 0 Å². The van der Waals surface area contributed by atoms with Crippen molar-refractivity contribution in [2.45, 2.75) is 44.8 Å². The zero-order chi connectivity index (χ0) is 12.8. The van der Waals surface area contributed by atoms with Crippen LogP contribution in [0.15, 0.2) is 0 Å². The molecule has 4 heteroatoms. The molecule has 3 unspecified atom stereocenters. The van der Waals surface area contributed by atoms with Crippen LogP contribution in [0, 0.1) is 5.92 Å². The summed E-state index contributed by atoms with van der Waals surface area (Å²) >= 11 is 0. The Morgan fingerprint density at radius 1 is 1.33 bits per heavy atom. The van der Waals surface area contributed by atoms with E-state index in [4.69, 9.17) is 10.5 Å². The van der Waals surface area contributed by atoms with Crippen molar-refractivity contribution < 1.29 is 4.74 Å². The second-order valence-corrected chi connectivity index (χ2v) is 5.68. The van der Waals surface area contributed by atoms with Gasteiger partial charge in [0.15, 0.2) is 0 Å². The molecule has 0 spiro atoms. The lowest BCUT2D eigenvalue weighted by Crippen LogP contribution is -2.50. The Morgan fingerprint density at radius 2 is 2.17 bits per heavy atom. The van der Waals surface area contributed by atoms with E-state index in [1.807, 2.05) is 0 Å². The molecule has 0 aromatic carbocycles. The predicted molar refractivity (Wildman–Crippen MR) is 74.7 cm³/mol. The first-order valence-corrected chi connectivity index (χ1v) is 7.61. The van der Waals surface area contributed by atoms with Crippen molar-refractivity contribution in [3.05, 3.63) is 0 Å². The standard InChI is InChI=1S/C14H29N3O/c1-2-17-7-8-18-13(11-17)10-16-14-6-4-3-5-12(14)9-15/h12-14,16H,2-11,15H2,1H3. The summed E-state index contributed by atoms with van der Waals surface area (Å²) < 4.78 is 5.83. The highest BCUT2D eigenvalue weighted by molar-refractivity contribution is 4.83. The zero-order valence-corrected chi connectivity index (χ0v) is 11.7.